The molecule has 0 bridgehead atoms. The van der Waals surface area contributed by atoms with Gasteiger partial charge in [0.25, 0.3) is 0 Å². The molecule has 0 spiro atoms. The second-order valence-electron chi connectivity index (χ2n) is 5.27. The Bertz CT molecular complexity index is 389. The van der Waals surface area contributed by atoms with Crippen molar-refractivity contribution in [3.05, 3.63) is 33.8 Å². The lowest BCUT2D eigenvalue weighted by Crippen LogP contribution is -2.42. The van der Waals surface area contributed by atoms with Gasteiger partial charge in [-0.3, -0.25) is 4.90 Å². The predicted octanol–water partition coefficient (Wildman–Crippen LogP) is 3.41. The Balaban J connectivity index is 2.01. The number of likely N-dealkylation sites (tertiary alicyclic amines) is 1. The van der Waals surface area contributed by atoms with Crippen molar-refractivity contribution >= 4 is 23.2 Å². The number of rotatable bonds is 3. The van der Waals surface area contributed by atoms with Gasteiger partial charge in [-0.15, -0.1) is 0 Å². The smallest absolute Gasteiger partial charge is 0.0424 e. The maximum Gasteiger partial charge on any atom is 0.0424 e. The first-order valence-electron chi connectivity index (χ1n) is 6.46. The van der Waals surface area contributed by atoms with Gasteiger partial charge in [0.2, 0.25) is 0 Å². The highest BCUT2D eigenvalue weighted by atomic mass is 35.5. The summed E-state index contributed by atoms with van der Waals surface area (Å²) in [6.45, 7) is 6.17. The zero-order chi connectivity index (χ0) is 13.1. The van der Waals surface area contributed by atoms with Crippen molar-refractivity contribution in [2.45, 2.75) is 19.9 Å². The molecule has 2 nitrogen and oxygen atoms in total. The van der Waals surface area contributed by atoms with Crippen molar-refractivity contribution in [3.8, 4) is 0 Å². The Labute approximate surface area is 119 Å². The third-order valence-electron chi connectivity index (χ3n) is 3.83. The van der Waals surface area contributed by atoms with Crippen LogP contribution in [0.15, 0.2) is 18.2 Å². The SMILES string of the molecule is CC1CCN(Cc2cc(Cl)cc(Cl)c2)CC1CN. The van der Waals surface area contributed by atoms with Crippen molar-refractivity contribution in [1.29, 1.82) is 0 Å². The summed E-state index contributed by atoms with van der Waals surface area (Å²) in [5, 5.41) is 1.41. The molecule has 0 aliphatic carbocycles. The normalized spacial score (nSPS) is 25.3. The van der Waals surface area contributed by atoms with Crippen LogP contribution in [-0.2, 0) is 6.54 Å². The number of nitrogens with two attached hydrogens (primary N) is 1. The second-order valence-corrected chi connectivity index (χ2v) is 6.15. The van der Waals surface area contributed by atoms with Crippen LogP contribution in [0.25, 0.3) is 0 Å². The van der Waals surface area contributed by atoms with Crippen LogP contribution in [0, 0.1) is 11.8 Å². The van der Waals surface area contributed by atoms with Gasteiger partial charge in [-0.2, -0.15) is 0 Å². The largest absolute Gasteiger partial charge is 0.330 e. The summed E-state index contributed by atoms with van der Waals surface area (Å²) in [6.07, 6.45) is 1.22. The summed E-state index contributed by atoms with van der Waals surface area (Å²) in [7, 11) is 0. The van der Waals surface area contributed by atoms with Crippen LogP contribution in [-0.4, -0.2) is 24.5 Å². The molecule has 1 aromatic rings. The summed E-state index contributed by atoms with van der Waals surface area (Å²) in [4.78, 5) is 2.44. The summed E-state index contributed by atoms with van der Waals surface area (Å²) < 4.78 is 0. The fourth-order valence-corrected chi connectivity index (χ4v) is 3.21. The minimum atomic E-state index is 0.605. The van der Waals surface area contributed by atoms with Crippen LogP contribution in [0.4, 0.5) is 0 Å². The van der Waals surface area contributed by atoms with Gasteiger partial charge in [0.05, 0.1) is 0 Å². The molecular formula is C14H20Cl2N2. The number of piperidine rings is 1. The van der Waals surface area contributed by atoms with Crippen molar-refractivity contribution in [2.75, 3.05) is 19.6 Å². The van der Waals surface area contributed by atoms with Gasteiger partial charge in [-0.05, 0) is 55.1 Å². The van der Waals surface area contributed by atoms with E-state index in [4.69, 9.17) is 28.9 Å². The average Bonchev–Trinajstić information content (AvgIpc) is 2.30. The molecule has 0 aromatic heterocycles. The lowest BCUT2D eigenvalue weighted by molar-refractivity contribution is 0.126. The van der Waals surface area contributed by atoms with Gasteiger partial charge in [-0.1, -0.05) is 30.1 Å². The monoisotopic (exact) mass is 286 g/mol. The van der Waals surface area contributed by atoms with E-state index in [-0.39, 0.29) is 0 Å². The van der Waals surface area contributed by atoms with Gasteiger partial charge in [0, 0.05) is 23.1 Å². The Morgan fingerprint density at radius 2 is 1.94 bits per heavy atom. The lowest BCUT2D eigenvalue weighted by atomic mass is 9.87. The van der Waals surface area contributed by atoms with Crippen LogP contribution < -0.4 is 5.73 Å². The molecule has 2 unspecified atom stereocenters. The minimum Gasteiger partial charge on any atom is -0.330 e. The van der Waals surface area contributed by atoms with Crippen LogP contribution in [0.5, 0.6) is 0 Å². The van der Waals surface area contributed by atoms with Crippen molar-refractivity contribution in [2.24, 2.45) is 17.6 Å². The van der Waals surface area contributed by atoms with E-state index < -0.39 is 0 Å². The van der Waals surface area contributed by atoms with Crippen molar-refractivity contribution in [3.63, 3.8) is 0 Å². The van der Waals surface area contributed by atoms with Crippen LogP contribution in [0.1, 0.15) is 18.9 Å². The highest BCUT2D eigenvalue weighted by Gasteiger charge is 2.24. The molecule has 1 saturated heterocycles. The topological polar surface area (TPSA) is 29.3 Å². The van der Waals surface area contributed by atoms with Gasteiger partial charge in [0.1, 0.15) is 0 Å². The molecule has 0 radical (unpaired) electrons. The molecule has 1 heterocycles. The molecule has 0 saturated carbocycles. The fourth-order valence-electron chi connectivity index (χ4n) is 2.64. The van der Waals surface area contributed by atoms with E-state index in [1.807, 2.05) is 12.1 Å². The lowest BCUT2D eigenvalue weighted by Gasteiger charge is -2.36. The van der Waals surface area contributed by atoms with E-state index in [1.165, 1.54) is 12.0 Å². The molecule has 2 rings (SSSR count). The van der Waals surface area contributed by atoms with Crippen LogP contribution in [0.3, 0.4) is 0 Å². The van der Waals surface area contributed by atoms with Gasteiger partial charge in [0.15, 0.2) is 0 Å². The molecule has 4 heteroatoms. The number of halogens is 2. The Morgan fingerprint density at radius 1 is 1.28 bits per heavy atom. The highest BCUT2D eigenvalue weighted by Crippen LogP contribution is 2.25. The summed E-state index contributed by atoms with van der Waals surface area (Å²) in [5.41, 5.74) is 7.01. The first-order valence-corrected chi connectivity index (χ1v) is 7.21. The molecule has 100 valence electrons. The molecule has 0 amide bonds. The third-order valence-corrected chi connectivity index (χ3v) is 4.27. The molecule has 1 aliphatic heterocycles. The summed E-state index contributed by atoms with van der Waals surface area (Å²) >= 11 is 12.0. The van der Waals surface area contributed by atoms with Gasteiger partial charge >= 0.3 is 0 Å². The molecule has 18 heavy (non-hydrogen) atoms. The van der Waals surface area contributed by atoms with E-state index in [0.717, 1.165) is 32.1 Å². The van der Waals surface area contributed by atoms with Crippen molar-refractivity contribution in [1.82, 2.24) is 4.90 Å². The number of hydrogen-bond acceptors (Lipinski definition) is 2. The molecule has 2 N–H and O–H groups in total. The Kier molecular flexibility index (Phi) is 4.91. The molecule has 1 aromatic carbocycles. The van der Waals surface area contributed by atoms with E-state index in [2.05, 4.69) is 11.8 Å². The first kappa shape index (κ1) is 14.1. The van der Waals surface area contributed by atoms with E-state index in [9.17, 15) is 0 Å². The maximum absolute atomic E-state index is 6.02. The standard InChI is InChI=1S/C14H20Cl2N2/c1-10-2-3-18(9-12(10)7-17)8-11-4-13(15)6-14(16)5-11/h4-6,10,12H,2-3,7-9,17H2,1H3. The van der Waals surface area contributed by atoms with E-state index in [1.54, 1.807) is 6.07 Å². The third kappa shape index (κ3) is 3.61. The van der Waals surface area contributed by atoms with Crippen LogP contribution in [0.2, 0.25) is 10.0 Å². The highest BCUT2D eigenvalue weighted by molar-refractivity contribution is 6.34. The quantitative estimate of drug-likeness (QED) is 0.923. The Morgan fingerprint density at radius 3 is 2.56 bits per heavy atom. The fraction of sp³-hybridized carbons (Fsp3) is 0.571. The van der Waals surface area contributed by atoms with E-state index >= 15 is 0 Å². The van der Waals surface area contributed by atoms with Crippen molar-refractivity contribution < 1.29 is 0 Å². The summed E-state index contributed by atoms with van der Waals surface area (Å²) in [6, 6.07) is 5.75. The summed E-state index contributed by atoms with van der Waals surface area (Å²) in [5.74, 6) is 1.34. The molecular weight excluding hydrogens is 267 g/mol. The number of nitrogens with zero attached hydrogens (tertiary/aromatic N) is 1. The molecule has 2 atom stereocenters. The molecule has 1 fully saturated rings. The minimum absolute atomic E-state index is 0.605. The predicted molar refractivity (Wildman–Crippen MR) is 78.1 cm³/mol. The first-order chi connectivity index (χ1) is 8.58. The van der Waals surface area contributed by atoms with Gasteiger partial charge in [-0.25, -0.2) is 0 Å². The average molecular weight is 287 g/mol. The number of benzene rings is 1. The van der Waals surface area contributed by atoms with Crippen LogP contribution >= 0.6 is 23.2 Å². The zero-order valence-electron chi connectivity index (χ0n) is 10.7. The zero-order valence-corrected chi connectivity index (χ0v) is 12.2. The Hall–Kier alpha value is -0.280. The maximum atomic E-state index is 6.02. The molecule has 1 aliphatic rings. The second kappa shape index (κ2) is 6.25. The number of hydrogen-bond donors (Lipinski definition) is 1. The van der Waals surface area contributed by atoms with Gasteiger partial charge < -0.3 is 5.73 Å². The van der Waals surface area contributed by atoms with E-state index in [0.29, 0.717) is 16.0 Å².